The van der Waals surface area contributed by atoms with Crippen LogP contribution in [0.5, 0.6) is 0 Å². The maximum atomic E-state index is 13.7. The predicted octanol–water partition coefficient (Wildman–Crippen LogP) is 9.06. The number of fused-ring (bicyclic) bond motifs is 2. The zero-order valence-corrected chi connectivity index (χ0v) is 27.7. The minimum atomic E-state index is -0.000410. The highest BCUT2D eigenvalue weighted by molar-refractivity contribution is 5.85. The highest BCUT2D eigenvalue weighted by Gasteiger charge is 2.12. The lowest BCUT2D eigenvalue weighted by Crippen LogP contribution is -2.22. The van der Waals surface area contributed by atoms with Crippen LogP contribution in [0.1, 0.15) is 73.2 Å². The van der Waals surface area contributed by atoms with E-state index in [0.29, 0.717) is 29.9 Å². The molecule has 3 aromatic carbocycles. The summed E-state index contributed by atoms with van der Waals surface area (Å²) in [6.07, 6.45) is 11.5. The topological polar surface area (TPSA) is 61.8 Å². The quantitative estimate of drug-likeness (QED) is 0.145. The average Bonchev–Trinajstić information content (AvgIpc) is 3.49. The summed E-state index contributed by atoms with van der Waals surface area (Å²) >= 11 is 0. The van der Waals surface area contributed by atoms with Gasteiger partial charge in [-0.3, -0.25) is 9.59 Å². The molecule has 0 radical (unpaired) electrons. The number of hydrogen-bond acceptors (Lipinski definition) is 3. The number of aromatic nitrogens is 4. The molecule has 6 nitrogen and oxygen atoms in total. The van der Waals surface area contributed by atoms with Crippen molar-refractivity contribution in [2.75, 3.05) is 0 Å². The number of pyridine rings is 2. The second kappa shape index (κ2) is 14.0. The molecular weight excluding hydrogens is 580 g/mol. The number of para-hydroxylation sites is 1. The lowest BCUT2D eigenvalue weighted by Gasteiger charge is -2.12. The summed E-state index contributed by atoms with van der Waals surface area (Å²) in [4.78, 5) is 27.3. The molecule has 0 aliphatic rings. The fourth-order valence-corrected chi connectivity index (χ4v) is 6.12. The molecule has 3 heterocycles. The summed E-state index contributed by atoms with van der Waals surface area (Å²) in [5, 5.41) is 7.02. The van der Waals surface area contributed by atoms with E-state index < -0.39 is 0 Å². The van der Waals surface area contributed by atoms with Crippen LogP contribution >= 0.6 is 0 Å². The standard InChI is InChI=1S/C41H42N4O2/c1-5-7-22-43-38-20-14-29(3)24-33(38)26-31(40(43)46)16-18-35-28-37(45(42-35)36-12-10-9-11-13-36)19-17-32-27-34-25-30(4)15-21-39(34)44(41(32)47)23-8-6-2/h9-21,24-28H,5-8,22-23H2,1-4H3/b18-16+,19-17+. The molecule has 0 N–H and O–H groups in total. The fourth-order valence-electron chi connectivity index (χ4n) is 6.12. The van der Waals surface area contributed by atoms with Gasteiger partial charge in [0.1, 0.15) is 0 Å². The van der Waals surface area contributed by atoms with Gasteiger partial charge in [-0.05, 0) is 116 Å². The first kappa shape index (κ1) is 31.7. The zero-order chi connectivity index (χ0) is 32.9. The van der Waals surface area contributed by atoms with Crippen molar-refractivity contribution in [1.29, 1.82) is 0 Å². The molecule has 0 fully saturated rings. The Morgan fingerprint density at radius 1 is 0.617 bits per heavy atom. The monoisotopic (exact) mass is 622 g/mol. The maximum absolute atomic E-state index is 13.7. The molecule has 0 aliphatic carbocycles. The van der Waals surface area contributed by atoms with E-state index in [9.17, 15) is 9.59 Å². The van der Waals surface area contributed by atoms with E-state index in [-0.39, 0.29) is 11.1 Å². The number of aryl methyl sites for hydroxylation is 4. The molecule has 3 aromatic heterocycles. The molecule has 47 heavy (non-hydrogen) atoms. The summed E-state index contributed by atoms with van der Waals surface area (Å²) in [5.41, 5.74) is 7.96. The number of rotatable bonds is 11. The molecule has 0 saturated heterocycles. The van der Waals surface area contributed by atoms with Gasteiger partial charge in [0.2, 0.25) is 0 Å². The molecule has 0 spiro atoms. The van der Waals surface area contributed by atoms with Gasteiger partial charge in [0.15, 0.2) is 0 Å². The van der Waals surface area contributed by atoms with Gasteiger partial charge < -0.3 is 9.13 Å². The highest BCUT2D eigenvalue weighted by atomic mass is 16.1. The molecule has 6 rings (SSSR count). The smallest absolute Gasteiger partial charge is 0.258 e. The van der Waals surface area contributed by atoms with Crippen molar-refractivity contribution >= 4 is 46.1 Å². The van der Waals surface area contributed by atoms with Crippen LogP contribution in [0.4, 0.5) is 0 Å². The van der Waals surface area contributed by atoms with Crippen LogP contribution in [0.15, 0.2) is 94.5 Å². The minimum absolute atomic E-state index is 0.000410. The van der Waals surface area contributed by atoms with Gasteiger partial charge in [-0.1, -0.05) is 68.1 Å². The Kier molecular flexibility index (Phi) is 9.48. The van der Waals surface area contributed by atoms with Gasteiger partial charge in [-0.15, -0.1) is 0 Å². The van der Waals surface area contributed by atoms with Gasteiger partial charge >= 0.3 is 0 Å². The Labute approximate surface area is 275 Å². The lowest BCUT2D eigenvalue weighted by molar-refractivity contribution is 0.631. The maximum Gasteiger partial charge on any atom is 0.258 e. The van der Waals surface area contributed by atoms with E-state index >= 15 is 0 Å². The van der Waals surface area contributed by atoms with Crippen molar-refractivity contribution < 1.29 is 0 Å². The largest absolute Gasteiger partial charge is 0.308 e. The molecule has 0 atom stereocenters. The summed E-state index contributed by atoms with van der Waals surface area (Å²) in [7, 11) is 0. The molecule has 6 heteroatoms. The molecule has 0 bridgehead atoms. The molecule has 0 saturated carbocycles. The first-order valence-electron chi connectivity index (χ1n) is 16.7. The summed E-state index contributed by atoms with van der Waals surface area (Å²) < 4.78 is 5.67. The normalized spacial score (nSPS) is 11.9. The molecule has 0 unspecified atom stereocenters. The first-order chi connectivity index (χ1) is 22.9. The molecule has 238 valence electrons. The van der Waals surface area contributed by atoms with E-state index in [1.54, 1.807) is 0 Å². The van der Waals surface area contributed by atoms with Crippen LogP contribution in [-0.2, 0) is 13.1 Å². The first-order valence-corrected chi connectivity index (χ1v) is 16.7. The van der Waals surface area contributed by atoms with Gasteiger partial charge in [-0.25, -0.2) is 4.68 Å². The van der Waals surface area contributed by atoms with Gasteiger partial charge in [0.05, 0.1) is 28.1 Å². The third-order valence-electron chi connectivity index (χ3n) is 8.65. The van der Waals surface area contributed by atoms with Crippen LogP contribution in [0.2, 0.25) is 0 Å². The number of unbranched alkanes of at least 4 members (excludes halogenated alkanes) is 2. The van der Waals surface area contributed by atoms with Crippen LogP contribution < -0.4 is 11.1 Å². The Morgan fingerprint density at radius 3 is 1.68 bits per heavy atom. The van der Waals surface area contributed by atoms with Crippen molar-refractivity contribution in [1.82, 2.24) is 18.9 Å². The molecule has 0 amide bonds. The van der Waals surface area contributed by atoms with E-state index in [1.807, 2.05) is 98.8 Å². The number of hydrogen-bond donors (Lipinski definition) is 0. The van der Waals surface area contributed by atoms with Gasteiger partial charge in [-0.2, -0.15) is 5.10 Å². The second-order valence-corrected chi connectivity index (χ2v) is 12.4. The number of nitrogens with zero attached hydrogens (tertiary/aromatic N) is 4. The molecule has 6 aromatic rings. The van der Waals surface area contributed by atoms with Crippen molar-refractivity contribution in [3.05, 3.63) is 139 Å². The predicted molar refractivity (Wildman–Crippen MR) is 197 cm³/mol. The number of benzene rings is 3. The van der Waals surface area contributed by atoms with Crippen molar-refractivity contribution in [3.63, 3.8) is 0 Å². The average molecular weight is 623 g/mol. The summed E-state index contributed by atoms with van der Waals surface area (Å²) in [6, 6.07) is 28.4. The fraction of sp³-hybridized carbons (Fsp3) is 0.244. The lowest BCUT2D eigenvalue weighted by atomic mass is 10.1. The Hall–Kier alpha value is -5.23. The Balaban J connectivity index is 1.42. The summed E-state index contributed by atoms with van der Waals surface area (Å²) in [5.74, 6) is 0. The SMILES string of the molecule is CCCCn1c(=O)c(/C=C/c2cc(/C=C/c3cc4cc(C)ccc4n(CCCC)c3=O)n(-c3ccccc3)n2)cc2cc(C)ccc21. The zero-order valence-electron chi connectivity index (χ0n) is 27.7. The van der Waals surface area contributed by atoms with Gasteiger partial charge in [0, 0.05) is 24.2 Å². The highest BCUT2D eigenvalue weighted by Crippen LogP contribution is 2.21. The van der Waals surface area contributed by atoms with Crippen molar-refractivity contribution in [2.24, 2.45) is 0 Å². The van der Waals surface area contributed by atoms with E-state index in [2.05, 4.69) is 52.0 Å². The molecule has 0 aliphatic heterocycles. The van der Waals surface area contributed by atoms with Crippen molar-refractivity contribution in [3.8, 4) is 5.69 Å². The third kappa shape index (κ3) is 6.82. The minimum Gasteiger partial charge on any atom is -0.308 e. The van der Waals surface area contributed by atoms with E-state index in [4.69, 9.17) is 5.10 Å². The van der Waals surface area contributed by atoms with Crippen LogP contribution in [0, 0.1) is 13.8 Å². The van der Waals surface area contributed by atoms with Crippen LogP contribution in [0.3, 0.4) is 0 Å². The van der Waals surface area contributed by atoms with Gasteiger partial charge in [0.25, 0.3) is 11.1 Å². The Morgan fingerprint density at radius 2 is 1.15 bits per heavy atom. The Bertz CT molecular complexity index is 2230. The van der Waals surface area contributed by atoms with Crippen LogP contribution in [-0.4, -0.2) is 18.9 Å². The third-order valence-corrected chi connectivity index (χ3v) is 8.65. The van der Waals surface area contributed by atoms with Crippen LogP contribution in [0.25, 0.3) is 51.8 Å². The molecular formula is C41H42N4O2. The summed E-state index contributed by atoms with van der Waals surface area (Å²) in [6.45, 7) is 9.79. The van der Waals surface area contributed by atoms with E-state index in [1.165, 1.54) is 0 Å². The van der Waals surface area contributed by atoms with Crippen molar-refractivity contribution in [2.45, 2.75) is 66.5 Å². The van der Waals surface area contributed by atoms with E-state index in [0.717, 1.165) is 70.0 Å². The second-order valence-electron chi connectivity index (χ2n) is 12.4.